The summed E-state index contributed by atoms with van der Waals surface area (Å²) in [4.78, 5) is 25.4. The lowest BCUT2D eigenvalue weighted by atomic mass is 9.66. The van der Waals surface area contributed by atoms with E-state index in [2.05, 4.69) is 4.72 Å². The van der Waals surface area contributed by atoms with Crippen LogP contribution in [0.25, 0.3) is 0 Å². The number of piperidine rings is 1. The van der Waals surface area contributed by atoms with E-state index >= 15 is 0 Å². The zero-order chi connectivity index (χ0) is 19.7. The predicted octanol–water partition coefficient (Wildman–Crippen LogP) is 1.74. The molecule has 1 saturated heterocycles. The Kier molecular flexibility index (Phi) is 5.53. The van der Waals surface area contributed by atoms with Gasteiger partial charge in [-0.05, 0) is 43.9 Å². The standard InChI is InChI=1S/C18H23FN2O5S/c19-13-4-1-6-15(10-13)27(25,26)20-14-5-2-9-21(12-14)16(22)11-18(17(23)24)7-3-8-18/h1,4,6,10,14,20H,2-3,5,7-9,11-12H2,(H,23,24). The second kappa shape index (κ2) is 7.55. The quantitative estimate of drug-likeness (QED) is 0.760. The minimum absolute atomic E-state index is 0.0499. The van der Waals surface area contributed by atoms with Gasteiger partial charge in [0.25, 0.3) is 0 Å². The maximum atomic E-state index is 13.3. The van der Waals surface area contributed by atoms with E-state index in [1.807, 2.05) is 0 Å². The minimum atomic E-state index is -3.90. The molecule has 2 N–H and O–H groups in total. The number of hydrogen-bond donors (Lipinski definition) is 2. The second-order valence-corrected chi connectivity index (χ2v) is 9.09. The SMILES string of the molecule is O=C(CC1(C(=O)O)CCC1)N1CCCC(NS(=O)(=O)c2cccc(F)c2)C1. The van der Waals surface area contributed by atoms with Crippen molar-refractivity contribution in [3.05, 3.63) is 30.1 Å². The Morgan fingerprint density at radius 1 is 1.30 bits per heavy atom. The van der Waals surface area contributed by atoms with Gasteiger partial charge in [-0.15, -0.1) is 0 Å². The molecule has 1 aromatic rings. The molecule has 9 heteroatoms. The summed E-state index contributed by atoms with van der Waals surface area (Å²) in [6.45, 7) is 0.663. The summed E-state index contributed by atoms with van der Waals surface area (Å²) in [5, 5.41) is 9.39. The molecule has 1 aromatic carbocycles. The summed E-state index contributed by atoms with van der Waals surface area (Å²) in [6, 6.07) is 4.26. The van der Waals surface area contributed by atoms with Gasteiger partial charge in [0.05, 0.1) is 10.3 Å². The van der Waals surface area contributed by atoms with Gasteiger partial charge in [-0.25, -0.2) is 17.5 Å². The summed E-state index contributed by atoms with van der Waals surface area (Å²) < 4.78 is 40.7. The van der Waals surface area contributed by atoms with E-state index in [0.29, 0.717) is 32.2 Å². The largest absolute Gasteiger partial charge is 0.481 e. The summed E-state index contributed by atoms with van der Waals surface area (Å²) in [6.07, 6.45) is 2.92. The van der Waals surface area contributed by atoms with Crippen LogP contribution in [0, 0.1) is 11.2 Å². The van der Waals surface area contributed by atoms with E-state index in [4.69, 9.17) is 0 Å². The fourth-order valence-electron chi connectivity index (χ4n) is 3.69. The van der Waals surface area contributed by atoms with Crippen molar-refractivity contribution in [3.63, 3.8) is 0 Å². The highest BCUT2D eigenvalue weighted by molar-refractivity contribution is 7.89. The van der Waals surface area contributed by atoms with Crippen LogP contribution in [-0.2, 0) is 19.6 Å². The second-order valence-electron chi connectivity index (χ2n) is 7.37. The first-order valence-corrected chi connectivity index (χ1v) is 10.5. The molecule has 0 bridgehead atoms. The number of carboxylic acid groups (broad SMARTS) is 1. The molecule has 0 aromatic heterocycles. The number of rotatable bonds is 6. The number of nitrogens with zero attached hydrogens (tertiary/aromatic N) is 1. The molecule has 0 spiro atoms. The Morgan fingerprint density at radius 3 is 2.63 bits per heavy atom. The normalized spacial score (nSPS) is 22.1. The van der Waals surface area contributed by atoms with Gasteiger partial charge in [0.15, 0.2) is 0 Å². The number of nitrogens with one attached hydrogen (secondary N) is 1. The zero-order valence-electron chi connectivity index (χ0n) is 14.9. The summed E-state index contributed by atoms with van der Waals surface area (Å²) in [5.74, 6) is -1.84. The number of aliphatic carboxylic acids is 1. The number of carbonyl (C=O) groups excluding carboxylic acids is 1. The molecule has 0 radical (unpaired) electrons. The first-order chi connectivity index (χ1) is 12.7. The number of halogens is 1. The number of sulfonamides is 1. The molecule has 3 rings (SSSR count). The summed E-state index contributed by atoms with van der Waals surface area (Å²) in [7, 11) is -3.90. The molecular weight excluding hydrogens is 375 g/mol. The third kappa shape index (κ3) is 4.30. The van der Waals surface area contributed by atoms with Gasteiger partial charge in [0.1, 0.15) is 5.82 Å². The van der Waals surface area contributed by atoms with E-state index in [1.165, 1.54) is 23.1 Å². The molecular formula is C18H23FN2O5S. The highest BCUT2D eigenvalue weighted by Crippen LogP contribution is 2.44. The number of carboxylic acids is 1. The molecule has 1 heterocycles. The third-order valence-electron chi connectivity index (χ3n) is 5.46. The van der Waals surface area contributed by atoms with Crippen LogP contribution in [0.5, 0.6) is 0 Å². The molecule has 27 heavy (non-hydrogen) atoms. The van der Waals surface area contributed by atoms with Crippen molar-refractivity contribution in [1.82, 2.24) is 9.62 Å². The first kappa shape index (κ1) is 19.8. The van der Waals surface area contributed by atoms with E-state index in [1.54, 1.807) is 0 Å². The average Bonchev–Trinajstić information content (AvgIpc) is 2.57. The van der Waals surface area contributed by atoms with Crippen molar-refractivity contribution in [2.45, 2.75) is 49.5 Å². The molecule has 1 saturated carbocycles. The van der Waals surface area contributed by atoms with Gasteiger partial charge in [-0.3, -0.25) is 9.59 Å². The average molecular weight is 398 g/mol. The predicted molar refractivity (Wildman–Crippen MR) is 94.9 cm³/mol. The number of benzene rings is 1. The van der Waals surface area contributed by atoms with Gasteiger partial charge in [0, 0.05) is 25.6 Å². The Labute approximate surface area is 157 Å². The van der Waals surface area contributed by atoms with Crippen LogP contribution in [0.15, 0.2) is 29.2 Å². The zero-order valence-corrected chi connectivity index (χ0v) is 15.7. The highest BCUT2D eigenvalue weighted by atomic mass is 32.2. The number of carbonyl (C=O) groups is 2. The molecule has 1 aliphatic carbocycles. The third-order valence-corrected chi connectivity index (χ3v) is 6.97. The monoisotopic (exact) mass is 398 g/mol. The maximum Gasteiger partial charge on any atom is 0.310 e. The lowest BCUT2D eigenvalue weighted by molar-refractivity contribution is -0.159. The molecule has 1 atom stereocenters. The van der Waals surface area contributed by atoms with Crippen molar-refractivity contribution in [1.29, 1.82) is 0 Å². The molecule has 2 aliphatic rings. The number of amides is 1. The Morgan fingerprint density at radius 2 is 2.04 bits per heavy atom. The van der Waals surface area contributed by atoms with E-state index in [0.717, 1.165) is 12.5 Å². The van der Waals surface area contributed by atoms with Crippen LogP contribution in [-0.4, -0.2) is 49.4 Å². The van der Waals surface area contributed by atoms with Gasteiger partial charge < -0.3 is 10.0 Å². The topological polar surface area (TPSA) is 104 Å². The Bertz CT molecular complexity index is 838. The fourth-order valence-corrected chi connectivity index (χ4v) is 4.99. The van der Waals surface area contributed by atoms with E-state index in [9.17, 15) is 27.5 Å². The van der Waals surface area contributed by atoms with E-state index < -0.39 is 33.3 Å². The molecule has 2 fully saturated rings. The Balaban J connectivity index is 1.64. The lowest BCUT2D eigenvalue weighted by Crippen LogP contribution is -2.51. The number of likely N-dealkylation sites (tertiary alicyclic amines) is 1. The molecule has 1 aliphatic heterocycles. The maximum absolute atomic E-state index is 13.3. The fraction of sp³-hybridized carbons (Fsp3) is 0.556. The van der Waals surface area contributed by atoms with Crippen LogP contribution >= 0.6 is 0 Å². The van der Waals surface area contributed by atoms with Crippen LogP contribution in [0.2, 0.25) is 0 Å². The lowest BCUT2D eigenvalue weighted by Gasteiger charge is -2.40. The molecule has 7 nitrogen and oxygen atoms in total. The van der Waals surface area contributed by atoms with Crippen molar-refractivity contribution in [2.75, 3.05) is 13.1 Å². The van der Waals surface area contributed by atoms with Crippen LogP contribution in [0.4, 0.5) is 4.39 Å². The van der Waals surface area contributed by atoms with Crippen molar-refractivity contribution < 1.29 is 27.5 Å². The molecule has 1 unspecified atom stereocenters. The first-order valence-electron chi connectivity index (χ1n) is 9.01. The molecule has 1 amide bonds. The summed E-state index contributed by atoms with van der Waals surface area (Å²) in [5.41, 5.74) is -0.967. The van der Waals surface area contributed by atoms with Crippen LogP contribution in [0.3, 0.4) is 0 Å². The van der Waals surface area contributed by atoms with Crippen LogP contribution < -0.4 is 4.72 Å². The van der Waals surface area contributed by atoms with Gasteiger partial charge in [-0.1, -0.05) is 12.5 Å². The van der Waals surface area contributed by atoms with Gasteiger partial charge >= 0.3 is 5.97 Å². The summed E-state index contributed by atoms with van der Waals surface area (Å²) >= 11 is 0. The molecule has 148 valence electrons. The minimum Gasteiger partial charge on any atom is -0.481 e. The van der Waals surface area contributed by atoms with Crippen molar-refractivity contribution >= 4 is 21.9 Å². The van der Waals surface area contributed by atoms with E-state index in [-0.39, 0.29) is 23.8 Å². The Hall–Kier alpha value is -2.00. The van der Waals surface area contributed by atoms with Gasteiger partial charge in [-0.2, -0.15) is 0 Å². The smallest absolute Gasteiger partial charge is 0.310 e. The van der Waals surface area contributed by atoms with Crippen molar-refractivity contribution in [2.24, 2.45) is 5.41 Å². The highest BCUT2D eigenvalue weighted by Gasteiger charge is 2.46. The number of hydrogen-bond acceptors (Lipinski definition) is 4. The van der Waals surface area contributed by atoms with Crippen LogP contribution in [0.1, 0.15) is 38.5 Å². The van der Waals surface area contributed by atoms with Gasteiger partial charge in [0.2, 0.25) is 15.9 Å². The van der Waals surface area contributed by atoms with Crippen molar-refractivity contribution in [3.8, 4) is 0 Å².